The van der Waals surface area contributed by atoms with Gasteiger partial charge in [-0.3, -0.25) is 0 Å². The first-order chi connectivity index (χ1) is 12.5. The van der Waals surface area contributed by atoms with E-state index in [1.807, 2.05) is 6.07 Å². The monoisotopic (exact) mass is 377 g/mol. The van der Waals surface area contributed by atoms with Crippen molar-refractivity contribution in [3.63, 3.8) is 0 Å². The predicted molar refractivity (Wildman–Crippen MR) is 95.5 cm³/mol. The molecule has 140 valence electrons. The summed E-state index contributed by atoms with van der Waals surface area (Å²) in [5.74, 6) is 0.130. The lowest BCUT2D eigenvalue weighted by atomic mass is 9.76. The van der Waals surface area contributed by atoms with E-state index in [1.54, 1.807) is 42.2 Å². The minimum Gasteiger partial charge on any atom is -0.396 e. The van der Waals surface area contributed by atoms with Gasteiger partial charge in [0.15, 0.2) is 0 Å². The van der Waals surface area contributed by atoms with Crippen molar-refractivity contribution in [1.82, 2.24) is 14.1 Å². The molecule has 2 aliphatic heterocycles. The molecule has 0 bridgehead atoms. The molecule has 2 atom stereocenters. The summed E-state index contributed by atoms with van der Waals surface area (Å²) in [7, 11) is -3.66. The van der Waals surface area contributed by atoms with Gasteiger partial charge in [-0.15, -0.1) is 0 Å². The molecule has 3 heterocycles. The molecular formula is C18H23N3O4S. The number of rotatable bonds is 4. The van der Waals surface area contributed by atoms with Crippen LogP contribution in [0, 0.1) is 18.3 Å². The van der Waals surface area contributed by atoms with E-state index < -0.39 is 15.4 Å². The number of aliphatic hydroxyl groups is 1. The maximum atomic E-state index is 13.4. The molecule has 2 aromatic rings. The lowest BCUT2D eigenvalue weighted by Crippen LogP contribution is -2.43. The topological polar surface area (TPSA) is 84.7 Å². The number of benzene rings is 1. The lowest BCUT2D eigenvalue weighted by Gasteiger charge is -2.36. The first kappa shape index (κ1) is 17.7. The second-order valence-electron chi connectivity index (χ2n) is 7.26. The van der Waals surface area contributed by atoms with E-state index in [4.69, 9.17) is 4.74 Å². The van der Waals surface area contributed by atoms with E-state index in [-0.39, 0.29) is 17.4 Å². The van der Waals surface area contributed by atoms with E-state index in [1.165, 1.54) is 4.31 Å². The van der Waals surface area contributed by atoms with Crippen LogP contribution in [0.3, 0.4) is 0 Å². The zero-order chi connectivity index (χ0) is 18.4. The highest BCUT2D eigenvalue weighted by atomic mass is 32.2. The number of aliphatic hydroxyl groups excluding tert-OH is 1. The summed E-state index contributed by atoms with van der Waals surface area (Å²) >= 11 is 0. The third-order valence-corrected chi connectivity index (χ3v) is 7.61. The van der Waals surface area contributed by atoms with Gasteiger partial charge in [0.1, 0.15) is 0 Å². The van der Waals surface area contributed by atoms with E-state index in [2.05, 4.69) is 5.10 Å². The fourth-order valence-electron chi connectivity index (χ4n) is 4.02. The summed E-state index contributed by atoms with van der Waals surface area (Å²) in [6, 6.07) is 7.12. The van der Waals surface area contributed by atoms with Crippen molar-refractivity contribution in [2.45, 2.75) is 18.2 Å². The smallest absolute Gasteiger partial charge is 0.243 e. The van der Waals surface area contributed by atoms with Gasteiger partial charge in [0.2, 0.25) is 10.0 Å². The molecule has 1 aromatic heterocycles. The molecule has 0 amide bonds. The van der Waals surface area contributed by atoms with Crippen LogP contribution in [0.4, 0.5) is 0 Å². The highest BCUT2D eigenvalue weighted by Gasteiger charge is 2.51. The van der Waals surface area contributed by atoms with Crippen LogP contribution in [0.25, 0.3) is 5.69 Å². The van der Waals surface area contributed by atoms with E-state index in [9.17, 15) is 13.5 Å². The molecule has 0 saturated carbocycles. The van der Waals surface area contributed by atoms with Gasteiger partial charge >= 0.3 is 0 Å². The minimum atomic E-state index is -3.66. The second kappa shape index (κ2) is 6.45. The van der Waals surface area contributed by atoms with Crippen molar-refractivity contribution in [3.05, 3.63) is 42.2 Å². The molecule has 2 fully saturated rings. The van der Waals surface area contributed by atoms with Crippen LogP contribution in [0.5, 0.6) is 0 Å². The highest BCUT2D eigenvalue weighted by molar-refractivity contribution is 7.89. The summed E-state index contributed by atoms with van der Waals surface area (Å²) < 4.78 is 35.4. The van der Waals surface area contributed by atoms with Gasteiger partial charge in [0.05, 0.1) is 23.8 Å². The van der Waals surface area contributed by atoms with Crippen molar-refractivity contribution in [1.29, 1.82) is 0 Å². The summed E-state index contributed by atoms with van der Waals surface area (Å²) in [5, 5.41) is 14.1. The van der Waals surface area contributed by atoms with Crippen LogP contribution < -0.4 is 0 Å². The van der Waals surface area contributed by atoms with Crippen LogP contribution in [0.1, 0.15) is 12.0 Å². The Morgan fingerprint density at radius 2 is 2.27 bits per heavy atom. The van der Waals surface area contributed by atoms with Gasteiger partial charge < -0.3 is 9.84 Å². The molecule has 0 radical (unpaired) electrons. The van der Waals surface area contributed by atoms with Crippen molar-refractivity contribution < 1.29 is 18.3 Å². The Kier molecular flexibility index (Phi) is 4.38. The van der Waals surface area contributed by atoms with Gasteiger partial charge in [-0.1, -0.05) is 6.07 Å². The van der Waals surface area contributed by atoms with Gasteiger partial charge in [-0.05, 0) is 43.0 Å². The Hall–Kier alpha value is -1.74. The molecule has 0 spiro atoms. The number of aryl methyl sites for hydroxylation is 1. The normalized spacial score (nSPS) is 26.8. The van der Waals surface area contributed by atoms with Crippen LogP contribution in [0.15, 0.2) is 41.6 Å². The largest absolute Gasteiger partial charge is 0.396 e. The number of hydrogen-bond donors (Lipinski definition) is 1. The van der Waals surface area contributed by atoms with Crippen LogP contribution in [0.2, 0.25) is 0 Å². The highest BCUT2D eigenvalue weighted by Crippen LogP contribution is 2.43. The van der Waals surface area contributed by atoms with E-state index in [0.29, 0.717) is 37.6 Å². The molecule has 1 N–H and O–H groups in total. The number of nitrogens with zero attached hydrogens (tertiary/aromatic N) is 3. The molecule has 1 aromatic carbocycles. The Morgan fingerprint density at radius 3 is 2.96 bits per heavy atom. The van der Waals surface area contributed by atoms with E-state index >= 15 is 0 Å². The maximum Gasteiger partial charge on any atom is 0.243 e. The van der Waals surface area contributed by atoms with Gasteiger partial charge in [-0.2, -0.15) is 9.40 Å². The lowest BCUT2D eigenvalue weighted by molar-refractivity contribution is -0.0552. The molecule has 0 unspecified atom stereocenters. The number of fused-ring (bicyclic) bond motifs is 1. The molecule has 26 heavy (non-hydrogen) atoms. The number of ether oxygens (including phenoxy) is 1. The third-order valence-electron chi connectivity index (χ3n) is 5.65. The quantitative estimate of drug-likeness (QED) is 0.865. The number of aromatic nitrogens is 2. The zero-order valence-corrected chi connectivity index (χ0v) is 15.5. The van der Waals surface area contributed by atoms with Gasteiger partial charge in [0, 0.05) is 37.5 Å². The molecule has 7 nitrogen and oxygen atoms in total. The van der Waals surface area contributed by atoms with Crippen LogP contribution in [-0.2, 0) is 14.8 Å². The Bertz CT molecular complexity index is 897. The van der Waals surface area contributed by atoms with Crippen molar-refractivity contribution in [2.24, 2.45) is 11.3 Å². The molecule has 2 aliphatic rings. The fraction of sp³-hybridized carbons (Fsp3) is 0.500. The average Bonchev–Trinajstić information content (AvgIpc) is 3.30. The van der Waals surface area contributed by atoms with Crippen molar-refractivity contribution in [2.75, 3.05) is 32.9 Å². The predicted octanol–water partition coefficient (Wildman–Crippen LogP) is 1.20. The van der Waals surface area contributed by atoms with Gasteiger partial charge in [-0.25, -0.2) is 13.1 Å². The van der Waals surface area contributed by atoms with Crippen LogP contribution >= 0.6 is 0 Å². The summed E-state index contributed by atoms with van der Waals surface area (Å²) in [5.41, 5.74) is 0.916. The number of sulfonamides is 1. The van der Waals surface area contributed by atoms with Crippen LogP contribution in [-0.4, -0.2) is 60.5 Å². The Morgan fingerprint density at radius 1 is 1.42 bits per heavy atom. The zero-order valence-electron chi connectivity index (χ0n) is 14.7. The molecule has 2 saturated heterocycles. The van der Waals surface area contributed by atoms with E-state index in [0.717, 1.165) is 6.42 Å². The Balaban J connectivity index is 1.70. The molecular weight excluding hydrogens is 354 g/mol. The third kappa shape index (κ3) is 2.77. The molecule has 8 heteroatoms. The SMILES string of the molecule is Cc1ccc(-n2cccn2)cc1S(=O)(=O)N1C[C@@H]2CCOC[C@]2(CO)C1. The second-order valence-corrected chi connectivity index (χ2v) is 9.16. The fourth-order valence-corrected chi connectivity index (χ4v) is 5.85. The average molecular weight is 377 g/mol. The van der Waals surface area contributed by atoms with Crippen molar-refractivity contribution >= 4 is 10.0 Å². The molecule has 4 rings (SSSR count). The summed E-state index contributed by atoms with van der Waals surface area (Å²) in [6.07, 6.45) is 4.21. The summed E-state index contributed by atoms with van der Waals surface area (Å²) in [6.45, 7) is 3.49. The van der Waals surface area contributed by atoms with Crippen molar-refractivity contribution in [3.8, 4) is 5.69 Å². The first-order valence-corrected chi connectivity index (χ1v) is 10.2. The maximum absolute atomic E-state index is 13.4. The molecule has 0 aliphatic carbocycles. The standard InChI is InChI=1S/C18H23N3O4S/c1-14-3-4-16(21-7-2-6-19-21)9-17(14)26(23,24)20-10-15-5-8-25-13-18(15,11-20)12-22/h2-4,6-7,9,15,22H,5,8,10-13H2,1H3/t15-,18+/m0/s1. The minimum absolute atomic E-state index is 0.0595. The Labute approximate surface area is 153 Å². The summed E-state index contributed by atoms with van der Waals surface area (Å²) in [4.78, 5) is 0.290. The first-order valence-electron chi connectivity index (χ1n) is 8.76. The number of hydrogen-bond acceptors (Lipinski definition) is 5. The van der Waals surface area contributed by atoms with Gasteiger partial charge in [0.25, 0.3) is 0 Å².